The number of hydrogen-bond acceptors (Lipinski definition) is 3. The fourth-order valence-electron chi connectivity index (χ4n) is 2.67. The number of ether oxygens (including phenoxy) is 2. The molecule has 0 saturated carbocycles. The van der Waals surface area contributed by atoms with Crippen LogP contribution in [0.4, 0.5) is 4.39 Å². The van der Waals surface area contributed by atoms with E-state index in [2.05, 4.69) is 18.9 Å². The highest BCUT2D eigenvalue weighted by Gasteiger charge is 2.20. The molecule has 4 nitrogen and oxygen atoms in total. The van der Waals surface area contributed by atoms with Gasteiger partial charge in [0.1, 0.15) is 11.6 Å². The molecule has 2 rings (SSSR count). The van der Waals surface area contributed by atoms with E-state index in [0.29, 0.717) is 30.2 Å². The van der Waals surface area contributed by atoms with Crippen LogP contribution in [0.2, 0.25) is 0 Å². The molecule has 0 aliphatic rings. The van der Waals surface area contributed by atoms with Gasteiger partial charge in [-0.25, -0.2) is 4.39 Å². The van der Waals surface area contributed by atoms with Crippen molar-refractivity contribution in [2.75, 3.05) is 6.61 Å². The summed E-state index contributed by atoms with van der Waals surface area (Å²) < 4.78 is 27.5. The van der Waals surface area contributed by atoms with Crippen molar-refractivity contribution in [1.82, 2.24) is 9.78 Å². The summed E-state index contributed by atoms with van der Waals surface area (Å²) >= 11 is 0. The number of hydrogen-bond donors (Lipinski definition) is 0. The summed E-state index contributed by atoms with van der Waals surface area (Å²) in [6.45, 7) is 12.5. The van der Waals surface area contributed by atoms with Gasteiger partial charge < -0.3 is 9.47 Å². The van der Waals surface area contributed by atoms with E-state index in [9.17, 15) is 4.39 Å². The smallest absolute Gasteiger partial charge is 0.236 e. The minimum atomic E-state index is -0.270. The van der Waals surface area contributed by atoms with Crippen LogP contribution in [0.1, 0.15) is 57.5 Å². The fraction of sp³-hybridized carbons (Fsp3) is 0.526. The van der Waals surface area contributed by atoms with Crippen LogP contribution in [-0.2, 0) is 6.42 Å². The van der Waals surface area contributed by atoms with Crippen LogP contribution in [-0.4, -0.2) is 22.5 Å². The van der Waals surface area contributed by atoms with Crippen molar-refractivity contribution in [2.45, 2.75) is 60.1 Å². The molecule has 24 heavy (non-hydrogen) atoms. The minimum absolute atomic E-state index is 0.0174. The zero-order valence-electron chi connectivity index (χ0n) is 15.4. The van der Waals surface area contributed by atoms with Crippen LogP contribution >= 0.6 is 0 Å². The predicted octanol–water partition coefficient (Wildman–Crippen LogP) is 4.69. The Kier molecular flexibility index (Phi) is 5.86. The van der Waals surface area contributed by atoms with E-state index < -0.39 is 0 Å². The molecule has 1 aromatic carbocycles. The molecule has 0 bridgehead atoms. The third-order valence-corrected chi connectivity index (χ3v) is 3.78. The number of aromatic nitrogens is 2. The van der Waals surface area contributed by atoms with Crippen molar-refractivity contribution in [2.24, 2.45) is 0 Å². The maximum absolute atomic E-state index is 14.4. The molecule has 0 N–H and O–H groups in total. The van der Waals surface area contributed by atoms with Gasteiger partial charge in [-0.2, -0.15) is 0 Å². The summed E-state index contributed by atoms with van der Waals surface area (Å²) in [5, 5.41) is 4.57. The summed E-state index contributed by atoms with van der Waals surface area (Å²) in [5.74, 6) is 0.865. The van der Waals surface area contributed by atoms with Gasteiger partial charge in [-0.05, 0) is 53.2 Å². The first-order valence-electron chi connectivity index (χ1n) is 8.49. The Morgan fingerprint density at radius 2 is 1.92 bits per heavy atom. The summed E-state index contributed by atoms with van der Waals surface area (Å²) in [6.07, 6.45) is 0.461. The van der Waals surface area contributed by atoms with E-state index in [-0.39, 0.29) is 18.0 Å². The lowest BCUT2D eigenvalue weighted by atomic mass is 10.0. The predicted molar refractivity (Wildman–Crippen MR) is 93.5 cm³/mol. The normalized spacial score (nSPS) is 11.4. The number of halogens is 1. The van der Waals surface area contributed by atoms with Crippen molar-refractivity contribution >= 4 is 0 Å². The molecular weight excluding hydrogens is 307 g/mol. The first-order valence-corrected chi connectivity index (χ1v) is 8.49. The summed E-state index contributed by atoms with van der Waals surface area (Å²) in [6, 6.07) is 5.22. The number of rotatable bonds is 7. The Bertz CT molecular complexity index is 693. The molecule has 5 heteroatoms. The van der Waals surface area contributed by atoms with Gasteiger partial charge in [0.05, 0.1) is 12.7 Å². The minimum Gasteiger partial charge on any atom is -0.494 e. The highest BCUT2D eigenvalue weighted by Crippen LogP contribution is 2.29. The lowest BCUT2D eigenvalue weighted by molar-refractivity contribution is 0.227. The van der Waals surface area contributed by atoms with Gasteiger partial charge in [-0.15, -0.1) is 5.10 Å². The third-order valence-electron chi connectivity index (χ3n) is 3.78. The second-order valence-corrected chi connectivity index (χ2v) is 6.44. The van der Waals surface area contributed by atoms with Crippen LogP contribution in [0.15, 0.2) is 18.2 Å². The van der Waals surface area contributed by atoms with Crippen LogP contribution < -0.4 is 9.47 Å². The topological polar surface area (TPSA) is 36.3 Å². The lowest BCUT2D eigenvalue weighted by Gasteiger charge is -2.11. The Hall–Kier alpha value is -2.04. The maximum atomic E-state index is 14.4. The zero-order valence-corrected chi connectivity index (χ0v) is 15.4. The molecule has 0 atom stereocenters. The monoisotopic (exact) mass is 334 g/mol. The molecule has 0 radical (unpaired) electrons. The van der Waals surface area contributed by atoms with Crippen molar-refractivity contribution < 1.29 is 13.9 Å². The van der Waals surface area contributed by atoms with Crippen molar-refractivity contribution in [3.05, 3.63) is 40.8 Å². The lowest BCUT2D eigenvalue weighted by Crippen LogP contribution is -2.08. The largest absolute Gasteiger partial charge is 0.494 e. The van der Waals surface area contributed by atoms with Crippen molar-refractivity contribution in [3.8, 4) is 11.6 Å². The number of nitrogens with zero attached hydrogens (tertiary/aromatic N) is 2. The molecule has 0 aliphatic carbocycles. The molecule has 0 fully saturated rings. The van der Waals surface area contributed by atoms with E-state index in [1.165, 1.54) is 6.07 Å². The van der Waals surface area contributed by atoms with Crippen molar-refractivity contribution in [1.29, 1.82) is 0 Å². The summed E-state index contributed by atoms with van der Waals surface area (Å²) in [5.41, 5.74) is 2.55. The Balaban J connectivity index is 2.37. The SMILES string of the molecule is CCOc1ccc(Cc2c(OC(C)C)nn(C(C)C)c2C)c(F)c1. The molecule has 0 spiro atoms. The van der Waals surface area contributed by atoms with Crippen LogP contribution in [0.25, 0.3) is 0 Å². The van der Waals surface area contributed by atoms with Crippen molar-refractivity contribution in [3.63, 3.8) is 0 Å². The van der Waals surface area contributed by atoms with E-state index in [1.807, 2.05) is 32.4 Å². The number of benzene rings is 1. The molecule has 2 aromatic rings. The van der Waals surface area contributed by atoms with Crippen LogP contribution in [0, 0.1) is 12.7 Å². The zero-order chi connectivity index (χ0) is 17.9. The third kappa shape index (κ3) is 4.08. The second kappa shape index (κ2) is 7.69. The molecule has 1 aromatic heterocycles. The Labute approximate surface area is 143 Å². The van der Waals surface area contributed by atoms with Gasteiger partial charge in [-0.1, -0.05) is 6.07 Å². The first kappa shape index (κ1) is 18.3. The molecular formula is C19H27FN2O2. The Morgan fingerprint density at radius 1 is 1.21 bits per heavy atom. The van der Waals surface area contributed by atoms with Gasteiger partial charge in [-0.3, -0.25) is 4.68 Å². The summed E-state index contributed by atoms with van der Waals surface area (Å²) in [7, 11) is 0. The highest BCUT2D eigenvalue weighted by atomic mass is 19.1. The average molecular weight is 334 g/mol. The standard InChI is InChI=1S/C19H27FN2O2/c1-7-23-16-9-8-15(18(20)11-16)10-17-14(6)22(12(2)3)21-19(17)24-13(4)5/h8-9,11-13H,7,10H2,1-6H3. The van der Waals surface area contributed by atoms with Gasteiger partial charge in [0.2, 0.25) is 5.88 Å². The first-order chi connectivity index (χ1) is 11.3. The van der Waals surface area contributed by atoms with E-state index in [1.54, 1.807) is 12.1 Å². The quantitative estimate of drug-likeness (QED) is 0.737. The van der Waals surface area contributed by atoms with Gasteiger partial charge in [0, 0.05) is 29.8 Å². The molecule has 1 heterocycles. The average Bonchev–Trinajstić information content (AvgIpc) is 2.78. The van der Waals surface area contributed by atoms with E-state index in [0.717, 1.165) is 11.3 Å². The molecule has 132 valence electrons. The molecule has 0 amide bonds. The highest BCUT2D eigenvalue weighted by molar-refractivity contribution is 5.39. The van der Waals surface area contributed by atoms with Crippen LogP contribution in [0.5, 0.6) is 11.6 Å². The van der Waals surface area contributed by atoms with E-state index in [4.69, 9.17) is 9.47 Å². The van der Waals surface area contributed by atoms with Crippen LogP contribution in [0.3, 0.4) is 0 Å². The fourth-order valence-corrected chi connectivity index (χ4v) is 2.67. The molecule has 0 aliphatic heterocycles. The second-order valence-electron chi connectivity index (χ2n) is 6.44. The van der Waals surface area contributed by atoms with Gasteiger partial charge in [0.25, 0.3) is 0 Å². The van der Waals surface area contributed by atoms with E-state index >= 15 is 0 Å². The molecule has 0 saturated heterocycles. The maximum Gasteiger partial charge on any atom is 0.236 e. The van der Waals surface area contributed by atoms with Gasteiger partial charge >= 0.3 is 0 Å². The Morgan fingerprint density at radius 3 is 2.46 bits per heavy atom. The van der Waals surface area contributed by atoms with Gasteiger partial charge in [0.15, 0.2) is 0 Å². The molecule has 0 unspecified atom stereocenters. The summed E-state index contributed by atoms with van der Waals surface area (Å²) in [4.78, 5) is 0.